The van der Waals surface area contributed by atoms with Gasteiger partial charge in [0, 0.05) is 4.47 Å². The Kier molecular flexibility index (Phi) is 2.93. The van der Waals surface area contributed by atoms with Gasteiger partial charge in [-0.25, -0.2) is 4.98 Å². The highest BCUT2D eigenvalue weighted by molar-refractivity contribution is 9.10. The fourth-order valence-electron chi connectivity index (χ4n) is 1.18. The summed E-state index contributed by atoms with van der Waals surface area (Å²) < 4.78 is 1.02. The van der Waals surface area contributed by atoms with Crippen molar-refractivity contribution in [1.82, 2.24) is 4.98 Å². The molecule has 1 heterocycles. The lowest BCUT2D eigenvalue weighted by molar-refractivity contribution is 1.37. The van der Waals surface area contributed by atoms with Crippen LogP contribution in [0.5, 0.6) is 0 Å². The molecule has 1 aromatic carbocycles. The van der Waals surface area contributed by atoms with Gasteiger partial charge in [0.1, 0.15) is 5.00 Å². The first-order valence-electron chi connectivity index (χ1n) is 4.39. The summed E-state index contributed by atoms with van der Waals surface area (Å²) in [5.74, 6) is 0. The van der Waals surface area contributed by atoms with Crippen LogP contribution in [0.3, 0.4) is 0 Å². The predicted molar refractivity (Wildman–Crippen MR) is 68.7 cm³/mol. The van der Waals surface area contributed by atoms with Crippen molar-refractivity contribution in [1.29, 1.82) is 0 Å². The van der Waals surface area contributed by atoms with Crippen molar-refractivity contribution >= 4 is 43.1 Å². The van der Waals surface area contributed by atoms with Gasteiger partial charge >= 0.3 is 0 Å². The van der Waals surface area contributed by atoms with Gasteiger partial charge in [-0.05, 0) is 40.5 Å². The molecular formula is C10H10BrN3S. The normalized spacial score (nSPS) is 10.3. The Morgan fingerprint density at radius 2 is 2.27 bits per heavy atom. The number of thiazole rings is 1. The number of nitrogens with one attached hydrogen (secondary N) is 1. The van der Waals surface area contributed by atoms with Crippen LogP contribution < -0.4 is 11.1 Å². The molecule has 0 amide bonds. The topological polar surface area (TPSA) is 50.9 Å². The van der Waals surface area contributed by atoms with Crippen molar-refractivity contribution in [2.24, 2.45) is 0 Å². The molecule has 0 saturated carbocycles. The van der Waals surface area contributed by atoms with Crippen molar-refractivity contribution in [2.75, 3.05) is 11.1 Å². The van der Waals surface area contributed by atoms with Gasteiger partial charge < -0.3 is 11.1 Å². The van der Waals surface area contributed by atoms with E-state index in [2.05, 4.69) is 39.2 Å². The maximum atomic E-state index is 5.60. The van der Waals surface area contributed by atoms with Gasteiger partial charge in [0.15, 0.2) is 5.13 Å². The predicted octanol–water partition coefficient (Wildman–Crippen LogP) is 3.54. The average molecular weight is 284 g/mol. The summed E-state index contributed by atoms with van der Waals surface area (Å²) in [6, 6.07) is 6.11. The lowest BCUT2D eigenvalue weighted by Gasteiger charge is -2.05. The van der Waals surface area contributed by atoms with Crippen LogP contribution >= 0.6 is 27.3 Å². The zero-order valence-electron chi connectivity index (χ0n) is 8.12. The summed E-state index contributed by atoms with van der Waals surface area (Å²) in [5, 5.41) is 4.71. The number of hydrogen-bond acceptors (Lipinski definition) is 4. The Morgan fingerprint density at radius 1 is 1.47 bits per heavy atom. The molecule has 0 aliphatic heterocycles. The SMILES string of the molecule is Cc1ccc(Nc2ncc(N)s2)c(Br)c1. The number of nitrogens with zero attached hydrogens (tertiary/aromatic N) is 1. The number of rotatable bonds is 2. The first-order chi connectivity index (χ1) is 7.15. The zero-order valence-corrected chi connectivity index (χ0v) is 10.5. The van der Waals surface area contributed by atoms with E-state index in [1.807, 2.05) is 12.1 Å². The van der Waals surface area contributed by atoms with E-state index in [9.17, 15) is 0 Å². The summed E-state index contributed by atoms with van der Waals surface area (Å²) in [6.45, 7) is 2.05. The Labute approximate surface area is 100 Å². The number of nitrogen functional groups attached to an aromatic ring is 1. The van der Waals surface area contributed by atoms with E-state index in [1.54, 1.807) is 6.20 Å². The first kappa shape index (κ1) is 10.4. The molecule has 1 aromatic heterocycles. The lowest BCUT2D eigenvalue weighted by Crippen LogP contribution is -1.90. The number of hydrogen-bond donors (Lipinski definition) is 2. The molecule has 0 unspecified atom stereocenters. The third kappa shape index (κ3) is 2.49. The van der Waals surface area contributed by atoms with Crippen molar-refractivity contribution in [3.63, 3.8) is 0 Å². The molecule has 0 saturated heterocycles. The van der Waals surface area contributed by atoms with E-state index < -0.39 is 0 Å². The van der Waals surface area contributed by atoms with Crippen molar-refractivity contribution in [3.05, 3.63) is 34.4 Å². The van der Waals surface area contributed by atoms with Gasteiger partial charge in [-0.3, -0.25) is 0 Å². The first-order valence-corrected chi connectivity index (χ1v) is 6.00. The standard InChI is InChI=1S/C10H10BrN3S/c1-6-2-3-8(7(11)4-6)14-10-13-5-9(12)15-10/h2-5H,12H2,1H3,(H,13,14). The Morgan fingerprint density at radius 3 is 2.87 bits per heavy atom. The van der Waals surface area contributed by atoms with Gasteiger partial charge in [0.2, 0.25) is 0 Å². The fraction of sp³-hybridized carbons (Fsp3) is 0.100. The molecule has 0 spiro atoms. The molecule has 15 heavy (non-hydrogen) atoms. The molecule has 0 aliphatic carbocycles. The van der Waals surface area contributed by atoms with Crippen LogP contribution in [0.15, 0.2) is 28.9 Å². The van der Waals surface area contributed by atoms with Gasteiger partial charge in [-0.1, -0.05) is 17.4 Å². The number of nitrogens with two attached hydrogens (primary N) is 1. The molecule has 0 fully saturated rings. The fourth-order valence-corrected chi connectivity index (χ4v) is 2.37. The van der Waals surface area contributed by atoms with Crippen LogP contribution in [0.2, 0.25) is 0 Å². The summed E-state index contributed by atoms with van der Waals surface area (Å²) in [6.07, 6.45) is 1.65. The minimum absolute atomic E-state index is 0.709. The minimum atomic E-state index is 0.709. The van der Waals surface area contributed by atoms with Crippen LogP contribution in [-0.2, 0) is 0 Å². The van der Waals surface area contributed by atoms with E-state index in [0.717, 1.165) is 15.3 Å². The second kappa shape index (κ2) is 4.20. The Bertz CT molecular complexity index is 481. The largest absolute Gasteiger partial charge is 0.389 e. The van der Waals surface area contributed by atoms with E-state index in [-0.39, 0.29) is 0 Å². The van der Waals surface area contributed by atoms with Gasteiger partial charge in [-0.15, -0.1) is 0 Å². The summed E-state index contributed by atoms with van der Waals surface area (Å²) in [7, 11) is 0. The van der Waals surface area contributed by atoms with Crippen LogP contribution in [0.25, 0.3) is 0 Å². The Balaban J connectivity index is 2.24. The zero-order chi connectivity index (χ0) is 10.8. The second-order valence-corrected chi connectivity index (χ2v) is 5.09. The highest BCUT2D eigenvalue weighted by atomic mass is 79.9. The summed E-state index contributed by atoms with van der Waals surface area (Å²) in [5.41, 5.74) is 7.81. The van der Waals surface area contributed by atoms with E-state index in [1.165, 1.54) is 16.9 Å². The third-order valence-corrected chi connectivity index (χ3v) is 3.29. The molecule has 3 N–H and O–H groups in total. The molecule has 0 radical (unpaired) electrons. The van der Waals surface area contributed by atoms with Crippen molar-refractivity contribution < 1.29 is 0 Å². The van der Waals surface area contributed by atoms with Crippen LogP contribution in [-0.4, -0.2) is 4.98 Å². The van der Waals surface area contributed by atoms with Crippen LogP contribution in [0.1, 0.15) is 5.56 Å². The highest BCUT2D eigenvalue weighted by Crippen LogP contribution is 2.29. The van der Waals surface area contributed by atoms with E-state index in [4.69, 9.17) is 5.73 Å². The average Bonchev–Trinajstić information content (AvgIpc) is 2.56. The number of halogens is 1. The van der Waals surface area contributed by atoms with E-state index >= 15 is 0 Å². The quantitative estimate of drug-likeness (QED) is 0.886. The summed E-state index contributed by atoms with van der Waals surface area (Å²) in [4.78, 5) is 4.14. The molecular weight excluding hydrogens is 274 g/mol. The molecule has 78 valence electrons. The molecule has 3 nitrogen and oxygen atoms in total. The number of aromatic nitrogens is 1. The molecule has 2 aromatic rings. The smallest absolute Gasteiger partial charge is 0.189 e. The molecule has 0 atom stereocenters. The van der Waals surface area contributed by atoms with Crippen molar-refractivity contribution in [2.45, 2.75) is 6.92 Å². The minimum Gasteiger partial charge on any atom is -0.389 e. The highest BCUT2D eigenvalue weighted by Gasteiger charge is 2.03. The summed E-state index contributed by atoms with van der Waals surface area (Å²) >= 11 is 4.92. The number of benzene rings is 1. The van der Waals surface area contributed by atoms with Crippen LogP contribution in [0, 0.1) is 6.92 Å². The van der Waals surface area contributed by atoms with Gasteiger partial charge in [-0.2, -0.15) is 0 Å². The molecule has 0 aliphatic rings. The Hall–Kier alpha value is -1.07. The molecule has 5 heteroatoms. The maximum absolute atomic E-state index is 5.60. The number of anilines is 3. The number of aryl methyl sites for hydroxylation is 1. The van der Waals surface area contributed by atoms with Gasteiger partial charge in [0.25, 0.3) is 0 Å². The van der Waals surface area contributed by atoms with Gasteiger partial charge in [0.05, 0.1) is 11.9 Å². The maximum Gasteiger partial charge on any atom is 0.189 e. The van der Waals surface area contributed by atoms with Crippen molar-refractivity contribution in [3.8, 4) is 0 Å². The van der Waals surface area contributed by atoms with Crippen LogP contribution in [0.4, 0.5) is 15.8 Å². The van der Waals surface area contributed by atoms with E-state index in [0.29, 0.717) is 5.00 Å². The lowest BCUT2D eigenvalue weighted by atomic mass is 10.2. The second-order valence-electron chi connectivity index (χ2n) is 3.18. The molecule has 0 bridgehead atoms. The third-order valence-electron chi connectivity index (χ3n) is 1.89. The molecule has 2 rings (SSSR count). The monoisotopic (exact) mass is 283 g/mol.